The van der Waals surface area contributed by atoms with Crippen molar-refractivity contribution in [3.05, 3.63) is 12.2 Å². The third-order valence-electron chi connectivity index (χ3n) is 2.68. The van der Waals surface area contributed by atoms with E-state index in [0.29, 0.717) is 12.6 Å². The molecule has 3 heteroatoms. The van der Waals surface area contributed by atoms with E-state index in [4.69, 9.17) is 10.5 Å². The van der Waals surface area contributed by atoms with Gasteiger partial charge in [0.1, 0.15) is 0 Å². The fraction of sp³-hybridized carbons (Fsp3) is 0.833. The lowest BCUT2D eigenvalue weighted by Crippen LogP contribution is -2.37. The lowest BCUT2D eigenvalue weighted by atomic mass is 10.1. The highest BCUT2D eigenvalue weighted by atomic mass is 16.5. The zero-order valence-corrected chi connectivity index (χ0v) is 10.4. The van der Waals surface area contributed by atoms with Crippen molar-refractivity contribution in [1.82, 2.24) is 4.90 Å². The molecule has 0 atom stereocenters. The number of rotatable bonds is 9. The van der Waals surface area contributed by atoms with E-state index in [0.717, 1.165) is 19.7 Å². The van der Waals surface area contributed by atoms with Gasteiger partial charge in [-0.05, 0) is 12.8 Å². The highest BCUT2D eigenvalue weighted by Gasteiger charge is 2.12. The van der Waals surface area contributed by atoms with E-state index in [-0.39, 0.29) is 0 Å². The highest BCUT2D eigenvalue weighted by molar-refractivity contribution is 4.87. The summed E-state index contributed by atoms with van der Waals surface area (Å²) in [7, 11) is 1.75. The van der Waals surface area contributed by atoms with Crippen LogP contribution in [0.5, 0.6) is 0 Å². The zero-order chi connectivity index (χ0) is 11.5. The summed E-state index contributed by atoms with van der Waals surface area (Å²) in [5.74, 6) is 0. The molecule has 90 valence electrons. The summed E-state index contributed by atoms with van der Waals surface area (Å²) in [5, 5.41) is 0. The average molecular weight is 214 g/mol. The van der Waals surface area contributed by atoms with Gasteiger partial charge in [0.15, 0.2) is 0 Å². The maximum atomic E-state index is 5.43. The van der Waals surface area contributed by atoms with Gasteiger partial charge < -0.3 is 10.5 Å². The molecule has 0 aliphatic rings. The molecule has 0 aromatic carbocycles. The molecule has 0 fully saturated rings. The second-order valence-electron chi connectivity index (χ2n) is 3.67. The minimum Gasteiger partial charge on any atom is -0.383 e. The summed E-state index contributed by atoms with van der Waals surface area (Å²) in [4.78, 5) is 2.45. The second-order valence-corrected chi connectivity index (χ2v) is 3.67. The molecule has 0 radical (unpaired) electrons. The van der Waals surface area contributed by atoms with Crippen molar-refractivity contribution >= 4 is 0 Å². The lowest BCUT2D eigenvalue weighted by molar-refractivity contribution is 0.124. The topological polar surface area (TPSA) is 38.5 Å². The van der Waals surface area contributed by atoms with Crippen molar-refractivity contribution < 1.29 is 4.74 Å². The fourth-order valence-electron chi connectivity index (χ4n) is 1.74. The van der Waals surface area contributed by atoms with E-state index in [1.54, 1.807) is 7.11 Å². The van der Waals surface area contributed by atoms with Gasteiger partial charge in [0.05, 0.1) is 6.61 Å². The van der Waals surface area contributed by atoms with Crippen molar-refractivity contribution in [3.63, 3.8) is 0 Å². The third kappa shape index (κ3) is 6.66. The largest absolute Gasteiger partial charge is 0.383 e. The summed E-state index contributed by atoms with van der Waals surface area (Å²) in [6.45, 7) is 7.87. The first-order valence-electron chi connectivity index (χ1n) is 5.88. The van der Waals surface area contributed by atoms with Crippen LogP contribution in [0.4, 0.5) is 0 Å². The van der Waals surface area contributed by atoms with Gasteiger partial charge in [-0.15, -0.1) is 0 Å². The number of hydrogen-bond acceptors (Lipinski definition) is 3. The molecule has 0 aromatic rings. The maximum Gasteiger partial charge on any atom is 0.0589 e. The Labute approximate surface area is 94.3 Å². The summed E-state index contributed by atoms with van der Waals surface area (Å²) >= 11 is 0. The first kappa shape index (κ1) is 14.6. The van der Waals surface area contributed by atoms with E-state index < -0.39 is 0 Å². The van der Waals surface area contributed by atoms with Crippen molar-refractivity contribution in [2.24, 2.45) is 5.73 Å². The van der Waals surface area contributed by atoms with Crippen LogP contribution < -0.4 is 5.73 Å². The van der Waals surface area contributed by atoms with Gasteiger partial charge in [-0.25, -0.2) is 0 Å². The third-order valence-corrected chi connectivity index (χ3v) is 2.68. The molecule has 0 aliphatic carbocycles. The zero-order valence-electron chi connectivity index (χ0n) is 10.4. The summed E-state index contributed by atoms with van der Waals surface area (Å²) in [6, 6.07) is 0.655. The first-order chi connectivity index (χ1) is 7.29. The van der Waals surface area contributed by atoms with Crippen LogP contribution in [0.2, 0.25) is 0 Å². The van der Waals surface area contributed by atoms with Gasteiger partial charge in [-0.2, -0.15) is 0 Å². The average Bonchev–Trinajstić information content (AvgIpc) is 2.26. The molecule has 0 rings (SSSR count). The molecule has 3 nitrogen and oxygen atoms in total. The van der Waals surface area contributed by atoms with Gasteiger partial charge in [-0.1, -0.05) is 26.0 Å². The molecule has 0 aliphatic heterocycles. The van der Waals surface area contributed by atoms with Crippen molar-refractivity contribution in [1.29, 1.82) is 0 Å². The molecular weight excluding hydrogens is 188 g/mol. The summed E-state index contributed by atoms with van der Waals surface area (Å²) in [6.07, 6.45) is 6.55. The molecule has 15 heavy (non-hydrogen) atoms. The van der Waals surface area contributed by atoms with Crippen molar-refractivity contribution in [2.45, 2.75) is 32.7 Å². The molecular formula is C12H26N2O. The molecule has 0 aromatic heterocycles. The maximum absolute atomic E-state index is 5.43. The van der Waals surface area contributed by atoms with Gasteiger partial charge >= 0.3 is 0 Å². The molecule has 0 saturated heterocycles. The molecule has 0 heterocycles. The second kappa shape index (κ2) is 10.1. The van der Waals surface area contributed by atoms with Crippen LogP contribution >= 0.6 is 0 Å². The number of nitrogens with zero attached hydrogens (tertiary/aromatic N) is 1. The Bertz CT molecular complexity index is 156. The Morgan fingerprint density at radius 1 is 1.27 bits per heavy atom. The van der Waals surface area contributed by atoms with Gasteiger partial charge in [0.2, 0.25) is 0 Å². The minimum atomic E-state index is 0.626. The Hall–Kier alpha value is -0.380. The van der Waals surface area contributed by atoms with Crippen LogP contribution in [0.3, 0.4) is 0 Å². The summed E-state index contributed by atoms with van der Waals surface area (Å²) in [5.41, 5.74) is 5.43. The Balaban J connectivity index is 4.08. The molecule has 0 saturated carbocycles. The Morgan fingerprint density at radius 3 is 2.40 bits per heavy atom. The van der Waals surface area contributed by atoms with Crippen LogP contribution in [-0.4, -0.2) is 44.3 Å². The predicted molar refractivity (Wildman–Crippen MR) is 66.0 cm³/mol. The SMILES string of the molecule is CCC(CC)N(CC=CCN)CCOC. The normalized spacial score (nSPS) is 12.1. The monoisotopic (exact) mass is 214 g/mol. The van der Waals surface area contributed by atoms with E-state index in [9.17, 15) is 0 Å². The number of hydrogen-bond donors (Lipinski definition) is 1. The van der Waals surface area contributed by atoms with Crippen LogP contribution in [0.25, 0.3) is 0 Å². The molecule has 0 amide bonds. The van der Waals surface area contributed by atoms with Crippen LogP contribution in [0.1, 0.15) is 26.7 Å². The molecule has 0 bridgehead atoms. The molecule has 2 N–H and O–H groups in total. The van der Waals surface area contributed by atoms with Crippen LogP contribution in [-0.2, 0) is 4.74 Å². The molecule has 0 spiro atoms. The van der Waals surface area contributed by atoms with Gasteiger partial charge in [0, 0.05) is 32.8 Å². The van der Waals surface area contributed by atoms with E-state index >= 15 is 0 Å². The minimum absolute atomic E-state index is 0.626. The molecule has 0 unspecified atom stereocenters. The standard InChI is InChI=1S/C12H26N2O/c1-4-12(5-2)14(10-11-15-3)9-7-6-8-13/h6-7,12H,4-5,8-11,13H2,1-3H3. The lowest BCUT2D eigenvalue weighted by Gasteiger charge is -2.29. The number of nitrogens with two attached hydrogens (primary N) is 1. The Kier molecular flexibility index (Phi) is 9.89. The van der Waals surface area contributed by atoms with Crippen molar-refractivity contribution in [3.8, 4) is 0 Å². The predicted octanol–water partition coefficient (Wildman–Crippen LogP) is 1.64. The van der Waals surface area contributed by atoms with Crippen molar-refractivity contribution in [2.75, 3.05) is 33.4 Å². The smallest absolute Gasteiger partial charge is 0.0589 e. The number of ether oxygens (including phenoxy) is 1. The van der Waals surface area contributed by atoms with Crippen LogP contribution in [0, 0.1) is 0 Å². The van der Waals surface area contributed by atoms with Crippen LogP contribution in [0.15, 0.2) is 12.2 Å². The van der Waals surface area contributed by atoms with E-state index in [1.165, 1.54) is 12.8 Å². The summed E-state index contributed by atoms with van der Waals surface area (Å²) < 4.78 is 5.13. The van der Waals surface area contributed by atoms with Gasteiger partial charge in [-0.3, -0.25) is 4.90 Å². The first-order valence-corrected chi connectivity index (χ1v) is 5.88. The van der Waals surface area contributed by atoms with Gasteiger partial charge in [0.25, 0.3) is 0 Å². The highest BCUT2D eigenvalue weighted by Crippen LogP contribution is 2.08. The Morgan fingerprint density at radius 2 is 1.93 bits per heavy atom. The van der Waals surface area contributed by atoms with E-state index in [2.05, 4.69) is 24.8 Å². The van der Waals surface area contributed by atoms with E-state index in [1.807, 2.05) is 6.08 Å². The fourth-order valence-corrected chi connectivity index (χ4v) is 1.74. The quantitative estimate of drug-likeness (QED) is 0.593. The number of methoxy groups -OCH3 is 1.